The highest BCUT2D eigenvalue weighted by atomic mass is 16.7. The smallest absolute Gasteiger partial charge is 0.399 e. The first-order valence-electron chi connectivity index (χ1n) is 12.4. The second-order valence-electron chi connectivity index (χ2n) is 11.0. The molecule has 180 valence electrons. The highest BCUT2D eigenvalue weighted by Gasteiger charge is 2.61. The van der Waals surface area contributed by atoms with E-state index >= 15 is 0 Å². The fourth-order valence-electron chi connectivity index (χ4n) is 4.58. The first kappa shape index (κ1) is 25.7. The van der Waals surface area contributed by atoms with Gasteiger partial charge in [-0.2, -0.15) is 0 Å². The second-order valence-corrected chi connectivity index (χ2v) is 11.0. The van der Waals surface area contributed by atoms with Crippen LogP contribution >= 0.6 is 0 Å². The van der Waals surface area contributed by atoms with Crippen LogP contribution in [0.5, 0.6) is 0 Å². The third-order valence-electron chi connectivity index (χ3n) is 8.16. The van der Waals surface area contributed by atoms with Crippen LogP contribution in [-0.2, 0) is 18.6 Å². The topological polar surface area (TPSA) is 43.4 Å². The number of nitrogens with zero attached hydrogens (tertiary/aromatic N) is 2. The molecule has 0 unspecified atom stereocenters. The third-order valence-corrected chi connectivity index (χ3v) is 8.16. The molecule has 0 N–H and O–H groups in total. The molecular weight excluding hydrogens is 402 g/mol. The van der Waals surface area contributed by atoms with Crippen molar-refractivity contribution in [3.63, 3.8) is 0 Å². The summed E-state index contributed by atoms with van der Waals surface area (Å²) in [6, 6.07) is 0. The molecule has 0 aromatic heterocycles. The van der Waals surface area contributed by atoms with E-state index in [-0.39, 0.29) is 0 Å². The van der Waals surface area contributed by atoms with E-state index in [2.05, 4.69) is 92.9 Å². The average Bonchev–Trinajstić information content (AvgIpc) is 2.99. The summed E-state index contributed by atoms with van der Waals surface area (Å²) in [6.07, 6.45) is 0. The van der Waals surface area contributed by atoms with Gasteiger partial charge in [0, 0.05) is 48.5 Å². The molecule has 0 saturated carbocycles. The summed E-state index contributed by atoms with van der Waals surface area (Å²) in [5.41, 5.74) is 2.99. The zero-order valence-corrected chi connectivity index (χ0v) is 22.5. The molecule has 3 rings (SSSR count). The maximum atomic E-state index is 6.55. The molecule has 1 aliphatic carbocycles. The maximum Gasteiger partial charge on any atom is 0.499 e. The summed E-state index contributed by atoms with van der Waals surface area (Å²) in [4.78, 5) is 4.77. The predicted molar refractivity (Wildman–Crippen MR) is 132 cm³/mol. The predicted octanol–water partition coefficient (Wildman–Crippen LogP) is 4.45. The van der Waals surface area contributed by atoms with E-state index in [4.69, 9.17) is 18.6 Å². The summed E-state index contributed by atoms with van der Waals surface area (Å²) < 4.78 is 26.2. The lowest BCUT2D eigenvalue weighted by Crippen LogP contribution is -2.47. The zero-order chi connectivity index (χ0) is 24.3. The van der Waals surface area contributed by atoms with Crippen LogP contribution in [0.1, 0.15) is 83.1 Å². The van der Waals surface area contributed by atoms with Crippen molar-refractivity contribution >= 4 is 14.2 Å². The number of hydrogen-bond donors (Lipinski definition) is 0. The molecule has 0 bridgehead atoms. The van der Waals surface area contributed by atoms with Gasteiger partial charge in [0.1, 0.15) is 0 Å². The highest BCUT2D eigenvalue weighted by molar-refractivity contribution is 6.63. The standard InChI is InChI=1S/C24H44B2N2O4/c1-13-27(14-2)19-17(25-29-21(5,6)22(7,8)30-25)20(28(15-3)16-4)18(19)26-31-23(9,10)24(11,12)32-26/h13-16H2,1-12H3. The largest absolute Gasteiger partial charge is 0.499 e. The Bertz CT molecular complexity index is 687. The summed E-state index contributed by atoms with van der Waals surface area (Å²) in [7, 11) is -0.838. The second kappa shape index (κ2) is 8.37. The average molecular weight is 446 g/mol. The lowest BCUT2D eigenvalue weighted by atomic mass is 9.57. The minimum atomic E-state index is -0.419. The monoisotopic (exact) mass is 446 g/mol. The Morgan fingerprint density at radius 3 is 0.906 bits per heavy atom. The molecule has 2 heterocycles. The van der Waals surface area contributed by atoms with E-state index in [1.165, 1.54) is 0 Å². The Balaban J connectivity index is 2.14. The zero-order valence-electron chi connectivity index (χ0n) is 22.5. The Hall–Kier alpha value is -0.950. The summed E-state index contributed by atoms with van der Waals surface area (Å²) >= 11 is 0. The van der Waals surface area contributed by atoms with Gasteiger partial charge in [0.25, 0.3) is 0 Å². The molecule has 0 aromatic carbocycles. The van der Waals surface area contributed by atoms with E-state index in [1.54, 1.807) is 0 Å². The Morgan fingerprint density at radius 1 is 0.500 bits per heavy atom. The van der Waals surface area contributed by atoms with E-state index < -0.39 is 36.6 Å². The van der Waals surface area contributed by atoms with Gasteiger partial charge in [-0.25, -0.2) is 0 Å². The molecule has 0 amide bonds. The SMILES string of the molecule is CCN(CC)C1=C(B2OC(C)(C)C(C)(C)O2)C(N(CC)CC)=C1B1OC(C)(C)C(C)(C)O1. The first-order chi connectivity index (χ1) is 14.7. The Morgan fingerprint density at radius 2 is 0.719 bits per heavy atom. The number of likely N-dealkylation sites (N-methyl/N-ethyl adjacent to an activating group) is 2. The van der Waals surface area contributed by atoms with Crippen molar-refractivity contribution in [2.45, 2.75) is 105 Å². The molecule has 2 saturated heterocycles. The molecule has 3 aliphatic rings. The van der Waals surface area contributed by atoms with Crippen molar-refractivity contribution in [2.75, 3.05) is 26.2 Å². The fraction of sp³-hybridized carbons (Fsp3) is 0.833. The van der Waals surface area contributed by atoms with E-state index in [1.807, 2.05) is 0 Å². The summed E-state index contributed by atoms with van der Waals surface area (Å²) in [5.74, 6) is 0. The summed E-state index contributed by atoms with van der Waals surface area (Å²) in [6.45, 7) is 29.2. The third kappa shape index (κ3) is 3.85. The van der Waals surface area contributed by atoms with Crippen molar-refractivity contribution < 1.29 is 18.6 Å². The van der Waals surface area contributed by atoms with Crippen LogP contribution in [0.2, 0.25) is 0 Å². The maximum absolute atomic E-state index is 6.55. The van der Waals surface area contributed by atoms with Gasteiger partial charge in [0.05, 0.1) is 22.4 Å². The van der Waals surface area contributed by atoms with Gasteiger partial charge in [-0.15, -0.1) is 0 Å². The molecule has 0 aromatic rings. The Labute approximate surface area is 196 Å². The van der Waals surface area contributed by atoms with E-state index in [0.29, 0.717) is 0 Å². The number of rotatable bonds is 8. The normalized spacial score (nSPS) is 25.5. The number of hydrogen-bond acceptors (Lipinski definition) is 6. The molecule has 2 aliphatic heterocycles. The molecular formula is C24H44B2N2O4. The van der Waals surface area contributed by atoms with Crippen LogP contribution in [0.25, 0.3) is 0 Å². The van der Waals surface area contributed by atoms with Crippen LogP contribution in [0.15, 0.2) is 22.3 Å². The van der Waals surface area contributed by atoms with Crippen molar-refractivity contribution in [3.8, 4) is 0 Å². The van der Waals surface area contributed by atoms with Crippen LogP contribution < -0.4 is 0 Å². The van der Waals surface area contributed by atoms with Gasteiger partial charge in [-0.3, -0.25) is 0 Å². The molecule has 0 radical (unpaired) electrons. The highest BCUT2D eigenvalue weighted by Crippen LogP contribution is 2.50. The molecule has 2 fully saturated rings. The van der Waals surface area contributed by atoms with Crippen LogP contribution in [0, 0.1) is 0 Å². The van der Waals surface area contributed by atoms with Gasteiger partial charge < -0.3 is 28.4 Å². The van der Waals surface area contributed by atoms with Crippen LogP contribution in [-0.4, -0.2) is 72.6 Å². The van der Waals surface area contributed by atoms with Crippen molar-refractivity contribution in [2.24, 2.45) is 0 Å². The lowest BCUT2D eigenvalue weighted by Gasteiger charge is -2.43. The molecule has 8 heteroatoms. The first-order valence-corrected chi connectivity index (χ1v) is 12.4. The van der Waals surface area contributed by atoms with E-state index in [9.17, 15) is 0 Å². The molecule has 6 nitrogen and oxygen atoms in total. The fourth-order valence-corrected chi connectivity index (χ4v) is 4.58. The lowest BCUT2D eigenvalue weighted by molar-refractivity contribution is 0.00578. The van der Waals surface area contributed by atoms with Crippen molar-refractivity contribution in [3.05, 3.63) is 22.3 Å². The van der Waals surface area contributed by atoms with Gasteiger partial charge in [-0.05, 0) is 83.1 Å². The molecule has 32 heavy (non-hydrogen) atoms. The van der Waals surface area contributed by atoms with Gasteiger partial charge in [-0.1, -0.05) is 0 Å². The van der Waals surface area contributed by atoms with E-state index in [0.717, 1.165) is 48.5 Å². The van der Waals surface area contributed by atoms with Crippen LogP contribution in [0.3, 0.4) is 0 Å². The number of allylic oxidation sites excluding steroid dienone is 2. The van der Waals surface area contributed by atoms with Crippen LogP contribution in [0.4, 0.5) is 0 Å². The van der Waals surface area contributed by atoms with Gasteiger partial charge >= 0.3 is 14.2 Å². The van der Waals surface area contributed by atoms with Gasteiger partial charge in [0.2, 0.25) is 0 Å². The van der Waals surface area contributed by atoms with Gasteiger partial charge in [0.15, 0.2) is 0 Å². The molecule has 0 spiro atoms. The minimum absolute atomic E-state index is 0.395. The minimum Gasteiger partial charge on any atom is -0.399 e. The Kier molecular flexibility index (Phi) is 6.71. The van der Waals surface area contributed by atoms with Crippen molar-refractivity contribution in [1.82, 2.24) is 9.80 Å². The van der Waals surface area contributed by atoms with Crippen molar-refractivity contribution in [1.29, 1.82) is 0 Å². The summed E-state index contributed by atoms with van der Waals surface area (Å²) in [5, 5.41) is 0. The quantitative estimate of drug-likeness (QED) is 0.514. The molecule has 0 atom stereocenters.